The predicted molar refractivity (Wildman–Crippen MR) is 107 cm³/mol. The lowest BCUT2D eigenvalue weighted by Crippen LogP contribution is -2.26. The van der Waals surface area contributed by atoms with Gasteiger partial charge in [0, 0.05) is 27.6 Å². The van der Waals surface area contributed by atoms with Crippen LogP contribution in [0.3, 0.4) is 0 Å². The van der Waals surface area contributed by atoms with Gasteiger partial charge in [-0.15, -0.1) is 0 Å². The molecule has 128 valence electrons. The molecule has 1 aromatic heterocycles. The van der Waals surface area contributed by atoms with Crippen molar-refractivity contribution in [3.63, 3.8) is 0 Å². The van der Waals surface area contributed by atoms with Crippen LogP contribution in [0.4, 0.5) is 5.69 Å². The van der Waals surface area contributed by atoms with E-state index < -0.39 is 6.04 Å². The number of pyridine rings is 1. The number of anilines is 1. The van der Waals surface area contributed by atoms with Gasteiger partial charge < -0.3 is 11.5 Å². The SMILES string of the molecule is C[C@H](N)C(=O)c1cccc2nc3ccccc3c(-c3ccc(N)cc3)c12. The van der Waals surface area contributed by atoms with E-state index in [2.05, 4.69) is 0 Å². The number of Topliss-reactive ketones (excluding diaryl/α,β-unsaturated/α-hetero) is 1. The van der Waals surface area contributed by atoms with E-state index in [4.69, 9.17) is 16.5 Å². The molecule has 0 radical (unpaired) electrons. The van der Waals surface area contributed by atoms with Gasteiger partial charge in [0.1, 0.15) is 0 Å². The van der Waals surface area contributed by atoms with E-state index in [9.17, 15) is 4.79 Å². The van der Waals surface area contributed by atoms with Crippen LogP contribution < -0.4 is 11.5 Å². The smallest absolute Gasteiger partial charge is 0.179 e. The first kappa shape index (κ1) is 16.2. The number of carbonyl (C=O) groups is 1. The van der Waals surface area contributed by atoms with Gasteiger partial charge in [-0.1, -0.05) is 42.5 Å². The normalized spacial score (nSPS) is 12.4. The van der Waals surface area contributed by atoms with Crippen molar-refractivity contribution in [2.45, 2.75) is 13.0 Å². The highest BCUT2D eigenvalue weighted by atomic mass is 16.1. The van der Waals surface area contributed by atoms with Crippen LogP contribution in [0.15, 0.2) is 66.7 Å². The fourth-order valence-corrected chi connectivity index (χ4v) is 3.34. The number of nitrogens with zero attached hydrogens (tertiary/aromatic N) is 1. The molecule has 0 fully saturated rings. The number of carbonyl (C=O) groups excluding carboxylic acids is 1. The van der Waals surface area contributed by atoms with Crippen molar-refractivity contribution < 1.29 is 4.79 Å². The van der Waals surface area contributed by atoms with E-state index in [1.165, 1.54) is 0 Å². The zero-order chi connectivity index (χ0) is 18.3. The average Bonchev–Trinajstić information content (AvgIpc) is 2.66. The molecule has 4 rings (SSSR count). The second-order valence-corrected chi connectivity index (χ2v) is 6.48. The Labute approximate surface area is 151 Å². The molecule has 0 spiro atoms. The second kappa shape index (κ2) is 6.24. The van der Waals surface area contributed by atoms with Crippen LogP contribution in [0.1, 0.15) is 17.3 Å². The Morgan fingerprint density at radius 1 is 0.923 bits per heavy atom. The highest BCUT2D eigenvalue weighted by Crippen LogP contribution is 2.37. The summed E-state index contributed by atoms with van der Waals surface area (Å²) in [6, 6.07) is 20.7. The molecule has 0 aliphatic rings. The molecule has 1 atom stereocenters. The monoisotopic (exact) mass is 341 g/mol. The minimum Gasteiger partial charge on any atom is -0.399 e. The van der Waals surface area contributed by atoms with Crippen LogP contribution in [0.2, 0.25) is 0 Å². The van der Waals surface area contributed by atoms with Gasteiger partial charge in [-0.25, -0.2) is 4.98 Å². The van der Waals surface area contributed by atoms with Crippen molar-refractivity contribution in [3.05, 3.63) is 72.3 Å². The van der Waals surface area contributed by atoms with Crippen LogP contribution in [-0.2, 0) is 0 Å². The molecule has 4 heteroatoms. The Bertz CT molecular complexity index is 1130. The highest BCUT2D eigenvalue weighted by Gasteiger charge is 2.19. The third-order valence-electron chi connectivity index (χ3n) is 4.59. The molecule has 4 aromatic rings. The molecule has 0 bridgehead atoms. The van der Waals surface area contributed by atoms with Crippen molar-refractivity contribution in [2.75, 3.05) is 5.73 Å². The van der Waals surface area contributed by atoms with Gasteiger partial charge in [0.15, 0.2) is 5.78 Å². The first-order valence-electron chi connectivity index (χ1n) is 8.53. The molecular formula is C22H19N3O. The Morgan fingerprint density at radius 2 is 1.62 bits per heavy atom. The second-order valence-electron chi connectivity index (χ2n) is 6.48. The maximum Gasteiger partial charge on any atom is 0.179 e. The van der Waals surface area contributed by atoms with E-state index in [-0.39, 0.29) is 5.78 Å². The number of hydrogen-bond donors (Lipinski definition) is 2. The summed E-state index contributed by atoms with van der Waals surface area (Å²) in [5.41, 5.74) is 16.7. The van der Waals surface area contributed by atoms with Crippen LogP contribution >= 0.6 is 0 Å². The molecule has 0 aliphatic heterocycles. The van der Waals surface area contributed by atoms with Crippen LogP contribution in [0, 0.1) is 0 Å². The van der Waals surface area contributed by atoms with Crippen LogP contribution in [0.25, 0.3) is 32.9 Å². The van der Waals surface area contributed by atoms with Gasteiger partial charge in [0.2, 0.25) is 0 Å². The molecular weight excluding hydrogens is 322 g/mol. The van der Waals surface area contributed by atoms with E-state index in [0.29, 0.717) is 11.3 Å². The van der Waals surface area contributed by atoms with E-state index in [1.807, 2.05) is 66.7 Å². The third-order valence-corrected chi connectivity index (χ3v) is 4.59. The summed E-state index contributed by atoms with van der Waals surface area (Å²) in [5, 5.41) is 1.83. The number of fused-ring (bicyclic) bond motifs is 2. The maximum atomic E-state index is 12.8. The number of para-hydroxylation sites is 1. The van der Waals surface area contributed by atoms with Gasteiger partial charge in [-0.05, 0) is 36.8 Å². The number of ketones is 1. The van der Waals surface area contributed by atoms with E-state index in [0.717, 1.165) is 32.9 Å². The summed E-state index contributed by atoms with van der Waals surface area (Å²) < 4.78 is 0. The first-order valence-corrected chi connectivity index (χ1v) is 8.53. The number of benzene rings is 3. The molecule has 0 saturated carbocycles. The molecule has 0 saturated heterocycles. The third kappa shape index (κ3) is 2.61. The molecule has 4 nitrogen and oxygen atoms in total. The Morgan fingerprint density at radius 3 is 2.35 bits per heavy atom. The van der Waals surface area contributed by atoms with Crippen molar-refractivity contribution in [3.8, 4) is 11.1 Å². The average molecular weight is 341 g/mol. The van der Waals surface area contributed by atoms with Crippen LogP contribution in [0.5, 0.6) is 0 Å². The van der Waals surface area contributed by atoms with E-state index in [1.54, 1.807) is 6.92 Å². The zero-order valence-corrected chi connectivity index (χ0v) is 14.4. The minimum atomic E-state index is -0.577. The van der Waals surface area contributed by atoms with Gasteiger partial charge >= 0.3 is 0 Å². The number of hydrogen-bond acceptors (Lipinski definition) is 4. The van der Waals surface area contributed by atoms with Crippen molar-refractivity contribution >= 4 is 33.3 Å². The summed E-state index contributed by atoms with van der Waals surface area (Å²) in [6.07, 6.45) is 0. The molecule has 0 amide bonds. The fraction of sp³-hybridized carbons (Fsp3) is 0.0909. The molecule has 3 aromatic carbocycles. The number of rotatable bonds is 3. The van der Waals surface area contributed by atoms with Crippen LogP contribution in [-0.4, -0.2) is 16.8 Å². The summed E-state index contributed by atoms with van der Waals surface area (Å²) in [7, 11) is 0. The lowest BCUT2D eigenvalue weighted by Gasteiger charge is -2.15. The van der Waals surface area contributed by atoms with Gasteiger partial charge in [0.05, 0.1) is 17.1 Å². The van der Waals surface area contributed by atoms with Crippen molar-refractivity contribution in [1.29, 1.82) is 0 Å². The summed E-state index contributed by atoms with van der Waals surface area (Å²) in [6.45, 7) is 1.71. The lowest BCUT2D eigenvalue weighted by atomic mass is 9.91. The van der Waals surface area contributed by atoms with E-state index >= 15 is 0 Å². The lowest BCUT2D eigenvalue weighted by molar-refractivity contribution is 0.0969. The van der Waals surface area contributed by atoms with Crippen molar-refractivity contribution in [1.82, 2.24) is 4.98 Å². The molecule has 0 unspecified atom stereocenters. The van der Waals surface area contributed by atoms with Gasteiger partial charge in [-0.3, -0.25) is 4.79 Å². The largest absolute Gasteiger partial charge is 0.399 e. The summed E-state index contributed by atoms with van der Waals surface area (Å²) >= 11 is 0. The maximum absolute atomic E-state index is 12.8. The Kier molecular flexibility index (Phi) is 3.90. The summed E-state index contributed by atoms with van der Waals surface area (Å²) in [4.78, 5) is 17.5. The number of aromatic nitrogens is 1. The molecule has 0 aliphatic carbocycles. The Balaban J connectivity index is 2.19. The molecule has 26 heavy (non-hydrogen) atoms. The van der Waals surface area contributed by atoms with Crippen molar-refractivity contribution in [2.24, 2.45) is 5.73 Å². The topological polar surface area (TPSA) is 82.0 Å². The first-order chi connectivity index (χ1) is 12.6. The molecule has 4 N–H and O–H groups in total. The van der Waals surface area contributed by atoms with Gasteiger partial charge in [-0.2, -0.15) is 0 Å². The fourth-order valence-electron chi connectivity index (χ4n) is 3.34. The zero-order valence-electron chi connectivity index (χ0n) is 14.4. The molecule has 1 heterocycles. The number of nitrogens with two attached hydrogens (primary N) is 2. The quantitative estimate of drug-likeness (QED) is 0.333. The minimum absolute atomic E-state index is 0.0932. The summed E-state index contributed by atoms with van der Waals surface area (Å²) in [5.74, 6) is -0.0932. The number of nitrogen functional groups attached to an aromatic ring is 1. The van der Waals surface area contributed by atoms with Gasteiger partial charge in [0.25, 0.3) is 0 Å². The predicted octanol–water partition coefficient (Wildman–Crippen LogP) is 4.17. The standard InChI is InChI=1S/C22H19N3O/c1-13(23)22(26)17-6-4-8-19-21(17)20(14-9-11-15(24)12-10-14)16-5-2-3-7-18(16)25-19/h2-13H,23-24H2,1H3/t13-/m0/s1. The highest BCUT2D eigenvalue weighted by molar-refractivity contribution is 6.19. The Hall–Kier alpha value is -3.24.